The molecule has 7 heteroatoms. The highest BCUT2D eigenvalue weighted by Crippen LogP contribution is 2.11. The maximum absolute atomic E-state index is 4.95. The Labute approximate surface area is 101 Å². The fourth-order valence-corrected chi connectivity index (χ4v) is 1.19. The number of methoxy groups -OCH3 is 2. The first-order valence-corrected chi connectivity index (χ1v) is 5.58. The number of hydrogen-bond donors (Lipinski definition) is 2. The lowest BCUT2D eigenvalue weighted by molar-refractivity contribution is 0.341. The summed E-state index contributed by atoms with van der Waals surface area (Å²) in [6.45, 7) is 4.80. The first kappa shape index (κ1) is 13.4. The van der Waals surface area contributed by atoms with Gasteiger partial charge in [-0.15, -0.1) is 4.98 Å². The van der Waals surface area contributed by atoms with Gasteiger partial charge in [-0.3, -0.25) is 0 Å². The summed E-state index contributed by atoms with van der Waals surface area (Å²) in [5.74, 6) is 0.463. The third-order valence-corrected chi connectivity index (χ3v) is 2.02. The largest absolute Gasteiger partial charge is 0.467 e. The normalized spacial score (nSPS) is 10.1. The van der Waals surface area contributed by atoms with Crippen LogP contribution in [0.3, 0.4) is 0 Å². The van der Waals surface area contributed by atoms with Crippen LogP contribution in [-0.2, 0) is 0 Å². The molecule has 17 heavy (non-hydrogen) atoms. The molecule has 0 aromatic carbocycles. The second-order valence-electron chi connectivity index (χ2n) is 3.27. The van der Waals surface area contributed by atoms with Gasteiger partial charge in [-0.05, 0) is 19.5 Å². The number of hydrogen-bond acceptors (Lipinski definition) is 7. The van der Waals surface area contributed by atoms with Crippen LogP contribution in [0.1, 0.15) is 13.3 Å². The maximum atomic E-state index is 4.95. The fourth-order valence-electron chi connectivity index (χ4n) is 1.19. The van der Waals surface area contributed by atoms with Gasteiger partial charge in [-0.25, -0.2) is 0 Å². The molecule has 0 atom stereocenters. The Morgan fingerprint density at radius 1 is 1.00 bits per heavy atom. The lowest BCUT2D eigenvalue weighted by Gasteiger charge is -2.07. The predicted molar refractivity (Wildman–Crippen MR) is 64.6 cm³/mol. The quantitative estimate of drug-likeness (QED) is 0.633. The van der Waals surface area contributed by atoms with Crippen molar-refractivity contribution in [2.24, 2.45) is 0 Å². The summed E-state index contributed by atoms with van der Waals surface area (Å²) in [6.07, 6.45) is 0.990. The van der Waals surface area contributed by atoms with Crippen molar-refractivity contribution in [2.45, 2.75) is 13.3 Å². The Hall–Kier alpha value is -1.63. The molecule has 0 saturated carbocycles. The molecule has 1 aromatic rings. The molecular formula is C10H19N5O2. The molecule has 1 rings (SSSR count). The van der Waals surface area contributed by atoms with E-state index in [1.54, 1.807) is 0 Å². The molecule has 0 spiro atoms. The summed E-state index contributed by atoms with van der Waals surface area (Å²) in [6, 6.07) is 0.483. The average molecular weight is 241 g/mol. The van der Waals surface area contributed by atoms with E-state index in [9.17, 15) is 0 Å². The molecule has 0 amide bonds. The number of aromatic nitrogens is 3. The zero-order valence-corrected chi connectivity index (χ0v) is 10.5. The Balaban J connectivity index is 2.46. The van der Waals surface area contributed by atoms with Gasteiger partial charge in [0.1, 0.15) is 0 Å². The molecule has 7 nitrogen and oxygen atoms in total. The van der Waals surface area contributed by atoms with Crippen molar-refractivity contribution < 1.29 is 9.47 Å². The van der Waals surface area contributed by atoms with E-state index in [1.165, 1.54) is 14.2 Å². The Kier molecular flexibility index (Phi) is 6.02. The minimum absolute atomic E-state index is 0.242. The Bertz CT molecular complexity index is 312. The van der Waals surface area contributed by atoms with Crippen LogP contribution < -0.4 is 20.1 Å². The van der Waals surface area contributed by atoms with E-state index in [1.807, 2.05) is 0 Å². The topological polar surface area (TPSA) is 81.2 Å². The van der Waals surface area contributed by atoms with Gasteiger partial charge in [0.05, 0.1) is 14.2 Å². The third kappa shape index (κ3) is 4.81. The predicted octanol–water partition coefficient (Wildman–Crippen LogP) is 0.300. The summed E-state index contributed by atoms with van der Waals surface area (Å²) in [5, 5.41) is 6.33. The molecule has 1 aromatic heterocycles. The Morgan fingerprint density at radius 2 is 1.65 bits per heavy atom. The summed E-state index contributed by atoms with van der Waals surface area (Å²) < 4.78 is 9.90. The molecule has 96 valence electrons. The molecule has 2 N–H and O–H groups in total. The van der Waals surface area contributed by atoms with Crippen LogP contribution in [0.15, 0.2) is 0 Å². The maximum Gasteiger partial charge on any atom is 0.324 e. The minimum atomic E-state index is 0.242. The van der Waals surface area contributed by atoms with Crippen molar-refractivity contribution in [2.75, 3.05) is 39.2 Å². The number of nitrogens with one attached hydrogen (secondary N) is 2. The van der Waals surface area contributed by atoms with E-state index < -0.39 is 0 Å². The van der Waals surface area contributed by atoms with E-state index in [0.29, 0.717) is 5.95 Å². The van der Waals surface area contributed by atoms with Crippen molar-refractivity contribution in [1.82, 2.24) is 20.3 Å². The second kappa shape index (κ2) is 7.61. The Morgan fingerprint density at radius 3 is 2.18 bits per heavy atom. The van der Waals surface area contributed by atoms with Crippen LogP contribution in [0, 0.1) is 0 Å². The van der Waals surface area contributed by atoms with Crippen LogP contribution >= 0.6 is 0 Å². The lowest BCUT2D eigenvalue weighted by Crippen LogP contribution is -2.18. The molecule has 0 aliphatic carbocycles. The van der Waals surface area contributed by atoms with E-state index in [0.717, 1.165) is 26.1 Å². The van der Waals surface area contributed by atoms with Gasteiger partial charge in [0.25, 0.3) is 0 Å². The van der Waals surface area contributed by atoms with Gasteiger partial charge in [0.2, 0.25) is 5.95 Å². The average Bonchev–Trinajstić information content (AvgIpc) is 2.38. The molecule has 0 aliphatic rings. The molecule has 0 unspecified atom stereocenters. The van der Waals surface area contributed by atoms with E-state index in [4.69, 9.17) is 9.47 Å². The first-order chi connectivity index (χ1) is 8.30. The first-order valence-electron chi connectivity index (χ1n) is 5.58. The summed E-state index contributed by atoms with van der Waals surface area (Å²) in [4.78, 5) is 12.0. The molecule has 0 saturated heterocycles. The standard InChI is InChI=1S/C10H19N5O2/c1-4-11-6-5-7-12-8-13-9(16-2)15-10(14-8)17-3/h11H,4-7H2,1-3H3,(H,12,13,14,15). The highest BCUT2D eigenvalue weighted by atomic mass is 16.5. The number of ether oxygens (including phenoxy) is 2. The summed E-state index contributed by atoms with van der Waals surface area (Å²) >= 11 is 0. The molecular weight excluding hydrogens is 222 g/mol. The highest BCUT2D eigenvalue weighted by molar-refractivity contribution is 5.27. The van der Waals surface area contributed by atoms with E-state index in [-0.39, 0.29) is 12.0 Å². The molecule has 0 aliphatic heterocycles. The zero-order valence-electron chi connectivity index (χ0n) is 10.5. The monoisotopic (exact) mass is 241 g/mol. The minimum Gasteiger partial charge on any atom is -0.467 e. The van der Waals surface area contributed by atoms with Gasteiger partial charge in [-0.1, -0.05) is 6.92 Å². The van der Waals surface area contributed by atoms with Crippen LogP contribution in [0.5, 0.6) is 12.0 Å². The van der Waals surface area contributed by atoms with Crippen LogP contribution in [0.25, 0.3) is 0 Å². The number of nitrogens with zero attached hydrogens (tertiary/aromatic N) is 3. The van der Waals surface area contributed by atoms with Crippen molar-refractivity contribution in [3.63, 3.8) is 0 Å². The SMILES string of the molecule is CCNCCCNc1nc(OC)nc(OC)n1. The molecule has 0 radical (unpaired) electrons. The van der Waals surface area contributed by atoms with Crippen molar-refractivity contribution >= 4 is 5.95 Å². The van der Waals surface area contributed by atoms with Gasteiger partial charge in [-0.2, -0.15) is 9.97 Å². The smallest absolute Gasteiger partial charge is 0.324 e. The lowest BCUT2D eigenvalue weighted by atomic mass is 10.4. The van der Waals surface area contributed by atoms with E-state index >= 15 is 0 Å². The highest BCUT2D eigenvalue weighted by Gasteiger charge is 2.05. The van der Waals surface area contributed by atoms with Gasteiger partial charge in [0, 0.05) is 6.54 Å². The molecule has 0 bridgehead atoms. The van der Waals surface area contributed by atoms with Gasteiger partial charge < -0.3 is 20.1 Å². The van der Waals surface area contributed by atoms with Crippen LogP contribution in [0.2, 0.25) is 0 Å². The van der Waals surface area contributed by atoms with E-state index in [2.05, 4.69) is 32.5 Å². The van der Waals surface area contributed by atoms with Crippen molar-refractivity contribution in [1.29, 1.82) is 0 Å². The zero-order chi connectivity index (χ0) is 12.5. The molecule has 1 heterocycles. The van der Waals surface area contributed by atoms with Crippen molar-refractivity contribution in [3.8, 4) is 12.0 Å². The number of rotatable bonds is 8. The van der Waals surface area contributed by atoms with Gasteiger partial charge in [0.15, 0.2) is 0 Å². The van der Waals surface area contributed by atoms with Crippen LogP contribution in [0.4, 0.5) is 5.95 Å². The number of anilines is 1. The van der Waals surface area contributed by atoms with Crippen molar-refractivity contribution in [3.05, 3.63) is 0 Å². The summed E-state index contributed by atoms with van der Waals surface area (Å²) in [7, 11) is 3.01. The summed E-state index contributed by atoms with van der Waals surface area (Å²) in [5.41, 5.74) is 0. The van der Waals surface area contributed by atoms with Gasteiger partial charge >= 0.3 is 12.0 Å². The fraction of sp³-hybridized carbons (Fsp3) is 0.700. The second-order valence-corrected chi connectivity index (χ2v) is 3.27. The van der Waals surface area contributed by atoms with Crippen LogP contribution in [-0.4, -0.2) is 48.8 Å². The molecule has 0 fully saturated rings. The third-order valence-electron chi connectivity index (χ3n) is 2.02.